The molecular formula is C25H32ClFN4O4. The standard InChI is InChI=1S/C25H32ClFN4O4/c1-3-25(30-24(33)34,14-16-4-6-18(27)7-5-16)31-10-8-17(9-11-31)15-29-23(32)19-12-20(26)21(28)13-22(19)35-2/h4-7,12-13,17,30H,3,8-11,14-15,28H2,1-2H3,(H,29,32)(H,33,34). The molecule has 2 aromatic rings. The predicted octanol–water partition coefficient (Wildman–Crippen LogP) is 4.13. The number of carbonyl (C=O) groups excluding carboxylic acids is 1. The highest BCUT2D eigenvalue weighted by molar-refractivity contribution is 6.33. The molecule has 3 rings (SSSR count). The van der Waals surface area contributed by atoms with Crippen molar-refractivity contribution in [3.8, 4) is 5.75 Å². The Morgan fingerprint density at radius 3 is 2.49 bits per heavy atom. The molecular weight excluding hydrogens is 475 g/mol. The number of nitrogens with one attached hydrogen (secondary N) is 2. The van der Waals surface area contributed by atoms with Crippen LogP contribution in [0.2, 0.25) is 5.02 Å². The molecule has 2 aromatic carbocycles. The number of likely N-dealkylation sites (tertiary alicyclic amines) is 1. The number of hydrogen-bond donors (Lipinski definition) is 4. The van der Waals surface area contributed by atoms with Crippen molar-refractivity contribution in [2.45, 2.75) is 38.3 Å². The summed E-state index contributed by atoms with van der Waals surface area (Å²) in [5.74, 6) is -0.0372. The van der Waals surface area contributed by atoms with Gasteiger partial charge in [0.25, 0.3) is 5.91 Å². The molecule has 1 saturated heterocycles. The van der Waals surface area contributed by atoms with Crippen LogP contribution >= 0.6 is 11.6 Å². The Bertz CT molecular complexity index is 1040. The van der Waals surface area contributed by atoms with E-state index in [1.807, 2.05) is 6.92 Å². The van der Waals surface area contributed by atoms with Crippen LogP contribution in [0.5, 0.6) is 5.75 Å². The summed E-state index contributed by atoms with van der Waals surface area (Å²) in [6, 6.07) is 9.16. The van der Waals surface area contributed by atoms with Crippen molar-refractivity contribution in [2.75, 3.05) is 32.5 Å². The average molecular weight is 507 g/mol. The summed E-state index contributed by atoms with van der Waals surface area (Å²) in [5, 5.41) is 15.5. The fourth-order valence-electron chi connectivity index (χ4n) is 4.62. The molecule has 1 atom stereocenters. The lowest BCUT2D eigenvalue weighted by atomic mass is 9.89. The summed E-state index contributed by atoms with van der Waals surface area (Å²) in [7, 11) is 1.46. The Balaban J connectivity index is 1.63. The molecule has 0 aliphatic carbocycles. The topological polar surface area (TPSA) is 117 Å². The minimum atomic E-state index is -1.10. The van der Waals surface area contributed by atoms with Gasteiger partial charge in [0.1, 0.15) is 17.2 Å². The van der Waals surface area contributed by atoms with Crippen LogP contribution in [0.3, 0.4) is 0 Å². The zero-order valence-corrected chi connectivity index (χ0v) is 20.7. The molecule has 0 spiro atoms. The van der Waals surface area contributed by atoms with E-state index in [0.717, 1.165) is 18.4 Å². The summed E-state index contributed by atoms with van der Waals surface area (Å²) in [5.41, 5.74) is 6.50. The molecule has 2 amide bonds. The maximum atomic E-state index is 13.4. The summed E-state index contributed by atoms with van der Waals surface area (Å²) in [6.07, 6.45) is 1.45. The third-order valence-electron chi connectivity index (χ3n) is 6.67. The molecule has 0 saturated carbocycles. The first-order valence-corrected chi connectivity index (χ1v) is 12.0. The summed E-state index contributed by atoms with van der Waals surface area (Å²) >= 11 is 6.08. The van der Waals surface area contributed by atoms with Gasteiger partial charge < -0.3 is 26.2 Å². The van der Waals surface area contributed by atoms with E-state index < -0.39 is 11.8 Å². The van der Waals surface area contributed by atoms with Crippen molar-refractivity contribution in [1.29, 1.82) is 0 Å². The number of piperidine rings is 1. The van der Waals surface area contributed by atoms with Crippen LogP contribution < -0.4 is 21.1 Å². The van der Waals surface area contributed by atoms with E-state index in [-0.39, 0.29) is 22.7 Å². The quantitative estimate of drug-likeness (QED) is 0.380. The number of carbonyl (C=O) groups is 2. The molecule has 5 N–H and O–H groups in total. The second-order valence-corrected chi connectivity index (χ2v) is 9.24. The van der Waals surface area contributed by atoms with Crippen molar-refractivity contribution < 1.29 is 23.8 Å². The highest BCUT2D eigenvalue weighted by atomic mass is 35.5. The predicted molar refractivity (Wildman–Crippen MR) is 133 cm³/mol. The van der Waals surface area contributed by atoms with E-state index in [4.69, 9.17) is 22.1 Å². The van der Waals surface area contributed by atoms with Crippen molar-refractivity contribution in [1.82, 2.24) is 15.5 Å². The van der Waals surface area contributed by atoms with Crippen molar-refractivity contribution in [2.24, 2.45) is 5.92 Å². The Labute approximate surface area is 209 Å². The van der Waals surface area contributed by atoms with Gasteiger partial charge in [-0.25, -0.2) is 9.18 Å². The van der Waals surface area contributed by atoms with Crippen LogP contribution in [0, 0.1) is 11.7 Å². The van der Waals surface area contributed by atoms with Gasteiger partial charge in [-0.1, -0.05) is 30.7 Å². The van der Waals surface area contributed by atoms with Crippen LogP contribution in [0.4, 0.5) is 14.9 Å². The van der Waals surface area contributed by atoms with Gasteiger partial charge in [-0.2, -0.15) is 0 Å². The summed E-state index contributed by atoms with van der Waals surface area (Å²) < 4.78 is 18.6. The van der Waals surface area contributed by atoms with E-state index >= 15 is 0 Å². The minimum absolute atomic E-state index is 0.232. The third-order valence-corrected chi connectivity index (χ3v) is 7.00. The van der Waals surface area contributed by atoms with Crippen LogP contribution in [0.25, 0.3) is 0 Å². The zero-order valence-electron chi connectivity index (χ0n) is 19.9. The maximum absolute atomic E-state index is 13.4. The second-order valence-electron chi connectivity index (χ2n) is 8.83. The minimum Gasteiger partial charge on any atom is -0.496 e. The number of nitrogens with zero attached hydrogens (tertiary/aromatic N) is 1. The van der Waals surface area contributed by atoms with Gasteiger partial charge in [0.2, 0.25) is 0 Å². The second kappa shape index (κ2) is 11.6. The summed E-state index contributed by atoms with van der Waals surface area (Å²) in [4.78, 5) is 26.6. The smallest absolute Gasteiger partial charge is 0.406 e. The lowest BCUT2D eigenvalue weighted by Crippen LogP contribution is -2.63. The van der Waals surface area contributed by atoms with E-state index in [9.17, 15) is 19.1 Å². The van der Waals surface area contributed by atoms with E-state index in [1.54, 1.807) is 12.1 Å². The van der Waals surface area contributed by atoms with Crippen molar-refractivity contribution in [3.05, 3.63) is 58.4 Å². The van der Waals surface area contributed by atoms with Gasteiger partial charge in [-0.3, -0.25) is 9.69 Å². The first kappa shape index (κ1) is 26.6. The molecule has 1 heterocycles. The molecule has 35 heavy (non-hydrogen) atoms. The molecule has 1 aliphatic rings. The van der Waals surface area contributed by atoms with E-state index in [2.05, 4.69) is 15.5 Å². The van der Waals surface area contributed by atoms with Crippen molar-refractivity contribution >= 4 is 29.3 Å². The lowest BCUT2D eigenvalue weighted by molar-refractivity contribution is 0.0211. The first-order chi connectivity index (χ1) is 16.7. The number of rotatable bonds is 9. The third kappa shape index (κ3) is 6.55. The van der Waals surface area contributed by atoms with Gasteiger partial charge >= 0.3 is 6.09 Å². The van der Waals surface area contributed by atoms with Gasteiger partial charge in [-0.05, 0) is 48.9 Å². The molecule has 1 unspecified atom stereocenters. The van der Waals surface area contributed by atoms with Gasteiger partial charge in [0.15, 0.2) is 0 Å². The number of carboxylic acid groups (broad SMARTS) is 1. The van der Waals surface area contributed by atoms with E-state index in [0.29, 0.717) is 49.5 Å². The number of nitrogen functional groups attached to an aromatic ring is 1. The van der Waals surface area contributed by atoms with Crippen molar-refractivity contribution in [3.63, 3.8) is 0 Å². The van der Waals surface area contributed by atoms with Crippen LogP contribution in [0.15, 0.2) is 36.4 Å². The molecule has 8 nitrogen and oxygen atoms in total. The molecule has 190 valence electrons. The number of ether oxygens (including phenoxy) is 1. The zero-order chi connectivity index (χ0) is 25.6. The normalized spacial score (nSPS) is 16.3. The Morgan fingerprint density at radius 2 is 1.91 bits per heavy atom. The van der Waals surface area contributed by atoms with Crippen LogP contribution in [0.1, 0.15) is 42.1 Å². The van der Waals surface area contributed by atoms with Gasteiger partial charge in [0.05, 0.1) is 23.4 Å². The van der Waals surface area contributed by atoms with Crippen LogP contribution in [-0.4, -0.2) is 54.4 Å². The number of benzene rings is 2. The SMILES string of the molecule is CCC(Cc1ccc(F)cc1)(NC(=O)O)N1CCC(CNC(=O)c2cc(Cl)c(N)cc2OC)CC1. The largest absolute Gasteiger partial charge is 0.496 e. The van der Waals surface area contributed by atoms with E-state index in [1.165, 1.54) is 31.4 Å². The molecule has 0 bridgehead atoms. The fourth-order valence-corrected chi connectivity index (χ4v) is 4.79. The molecule has 1 aliphatic heterocycles. The number of hydrogen-bond acceptors (Lipinski definition) is 5. The number of halogens is 2. The maximum Gasteiger partial charge on any atom is 0.406 e. The molecule has 10 heteroatoms. The first-order valence-electron chi connectivity index (χ1n) is 11.6. The number of anilines is 1. The Hall–Kier alpha value is -3.04. The lowest BCUT2D eigenvalue weighted by Gasteiger charge is -2.47. The molecule has 0 radical (unpaired) electrons. The molecule has 1 fully saturated rings. The van der Waals surface area contributed by atoms with Gasteiger partial charge in [-0.15, -0.1) is 0 Å². The Kier molecular flexibility index (Phi) is 8.80. The van der Waals surface area contributed by atoms with Crippen LogP contribution in [-0.2, 0) is 6.42 Å². The number of amides is 2. The highest BCUT2D eigenvalue weighted by Crippen LogP contribution is 2.30. The average Bonchev–Trinajstić information content (AvgIpc) is 2.84. The van der Waals surface area contributed by atoms with Gasteiger partial charge in [0, 0.05) is 32.1 Å². The highest BCUT2D eigenvalue weighted by Gasteiger charge is 2.39. The number of methoxy groups -OCH3 is 1. The molecule has 0 aromatic heterocycles. The fraction of sp³-hybridized carbons (Fsp3) is 0.440. The monoisotopic (exact) mass is 506 g/mol. The summed E-state index contributed by atoms with van der Waals surface area (Å²) in [6.45, 7) is 3.73. The Morgan fingerprint density at radius 1 is 1.26 bits per heavy atom. The number of nitrogens with two attached hydrogens (primary N) is 1.